The summed E-state index contributed by atoms with van der Waals surface area (Å²) in [5.41, 5.74) is 0.826. The number of methoxy groups -OCH3 is 1. The molecule has 0 atom stereocenters. The Hall–Kier alpha value is -2.48. The van der Waals surface area contributed by atoms with E-state index in [0.29, 0.717) is 17.8 Å². The summed E-state index contributed by atoms with van der Waals surface area (Å²) in [5.74, 6) is -0.596. The largest absolute Gasteiger partial charge is 0.465 e. The van der Waals surface area contributed by atoms with Crippen molar-refractivity contribution in [3.8, 4) is 0 Å². The molecule has 0 aliphatic heterocycles. The molecular formula is C20H21N2O3S2+. The number of benzene rings is 1. The second-order valence-electron chi connectivity index (χ2n) is 6.02. The van der Waals surface area contributed by atoms with Gasteiger partial charge in [-0.3, -0.25) is 4.79 Å². The Labute approximate surface area is 166 Å². The average Bonchev–Trinajstić information content (AvgIpc) is 3.35. The third-order valence-corrected chi connectivity index (χ3v) is 5.78. The summed E-state index contributed by atoms with van der Waals surface area (Å²) in [6.07, 6.45) is 0. The molecule has 2 N–H and O–H groups in total. The molecule has 0 aliphatic carbocycles. The molecule has 0 saturated carbocycles. The van der Waals surface area contributed by atoms with Crippen LogP contribution in [-0.2, 0) is 22.6 Å². The first kappa shape index (κ1) is 19.3. The van der Waals surface area contributed by atoms with Crippen LogP contribution in [0.5, 0.6) is 0 Å². The summed E-state index contributed by atoms with van der Waals surface area (Å²) >= 11 is 3.39. The standard InChI is InChI=1S/C20H20N2O3S2/c1-25-20(24)17-8-2-3-9-18(17)21-19(23)14-22(12-15-6-4-10-26-15)13-16-7-5-11-27-16/h2-11H,12-14H2,1H3,(H,21,23)/p+1. The molecular weight excluding hydrogens is 380 g/mol. The normalized spacial score (nSPS) is 10.7. The maximum absolute atomic E-state index is 12.7. The van der Waals surface area contributed by atoms with E-state index in [1.54, 1.807) is 46.9 Å². The number of nitrogens with one attached hydrogen (secondary N) is 2. The molecule has 0 bridgehead atoms. The summed E-state index contributed by atoms with van der Waals surface area (Å²) in [6, 6.07) is 15.1. The van der Waals surface area contributed by atoms with Crippen molar-refractivity contribution in [1.82, 2.24) is 0 Å². The van der Waals surface area contributed by atoms with Crippen LogP contribution in [0.15, 0.2) is 59.3 Å². The molecule has 0 radical (unpaired) electrons. The smallest absolute Gasteiger partial charge is 0.339 e. The lowest BCUT2D eigenvalue weighted by Crippen LogP contribution is -3.10. The highest BCUT2D eigenvalue weighted by atomic mass is 32.1. The SMILES string of the molecule is COC(=O)c1ccccc1NC(=O)C[NH+](Cc1cccs1)Cc1cccs1. The van der Waals surface area contributed by atoms with Crippen molar-refractivity contribution < 1.29 is 19.2 Å². The van der Waals surface area contributed by atoms with Gasteiger partial charge in [-0.25, -0.2) is 4.79 Å². The molecule has 7 heteroatoms. The number of thiophene rings is 2. The predicted octanol–water partition coefficient (Wildman–Crippen LogP) is 2.82. The van der Waals surface area contributed by atoms with Gasteiger partial charge < -0.3 is 15.0 Å². The van der Waals surface area contributed by atoms with Crippen molar-refractivity contribution in [3.05, 3.63) is 74.6 Å². The van der Waals surface area contributed by atoms with Gasteiger partial charge in [0.15, 0.2) is 6.54 Å². The Kier molecular flexibility index (Phi) is 6.75. The van der Waals surface area contributed by atoms with E-state index in [2.05, 4.69) is 17.4 Å². The molecule has 3 rings (SSSR count). The fourth-order valence-corrected chi connectivity index (χ4v) is 4.36. The number of carbonyl (C=O) groups excluding carboxylic acids is 2. The van der Waals surface area contributed by atoms with Crippen LogP contribution >= 0.6 is 22.7 Å². The number of rotatable bonds is 8. The number of quaternary nitrogens is 1. The van der Waals surface area contributed by atoms with Gasteiger partial charge in [-0.2, -0.15) is 0 Å². The topological polar surface area (TPSA) is 59.8 Å². The average molecular weight is 402 g/mol. The van der Waals surface area contributed by atoms with Gasteiger partial charge in [-0.05, 0) is 35.0 Å². The summed E-state index contributed by atoms with van der Waals surface area (Å²) in [4.78, 5) is 28.2. The maximum atomic E-state index is 12.7. The van der Waals surface area contributed by atoms with Gasteiger partial charge in [0, 0.05) is 0 Å². The zero-order valence-corrected chi connectivity index (χ0v) is 16.6. The lowest BCUT2D eigenvalue weighted by molar-refractivity contribution is -0.918. The second kappa shape index (κ2) is 9.45. The Morgan fingerprint density at radius 3 is 2.15 bits per heavy atom. The lowest BCUT2D eigenvalue weighted by Gasteiger charge is -2.18. The molecule has 5 nitrogen and oxygen atoms in total. The Morgan fingerprint density at radius 2 is 1.59 bits per heavy atom. The molecule has 2 aromatic heterocycles. The minimum atomic E-state index is -0.465. The van der Waals surface area contributed by atoms with E-state index in [4.69, 9.17) is 4.74 Å². The fraction of sp³-hybridized carbons (Fsp3) is 0.200. The van der Waals surface area contributed by atoms with Gasteiger partial charge in [-0.15, -0.1) is 22.7 Å². The third-order valence-electron chi connectivity index (χ3n) is 4.03. The van der Waals surface area contributed by atoms with E-state index in [0.717, 1.165) is 18.0 Å². The van der Waals surface area contributed by atoms with Crippen LogP contribution in [0, 0.1) is 0 Å². The fourth-order valence-electron chi connectivity index (χ4n) is 2.81. The molecule has 0 saturated heterocycles. The Morgan fingerprint density at radius 1 is 0.963 bits per heavy atom. The highest BCUT2D eigenvalue weighted by molar-refractivity contribution is 7.10. The van der Waals surface area contributed by atoms with Crippen molar-refractivity contribution in [2.45, 2.75) is 13.1 Å². The molecule has 0 aliphatic rings. The molecule has 0 spiro atoms. The van der Waals surface area contributed by atoms with E-state index >= 15 is 0 Å². The molecule has 2 heterocycles. The number of carbonyl (C=O) groups is 2. The third kappa shape index (κ3) is 5.50. The molecule has 3 aromatic rings. The number of hydrogen-bond acceptors (Lipinski definition) is 5. The van der Waals surface area contributed by atoms with Crippen LogP contribution in [0.3, 0.4) is 0 Å². The number of anilines is 1. The van der Waals surface area contributed by atoms with Gasteiger partial charge in [0.2, 0.25) is 0 Å². The van der Waals surface area contributed by atoms with Crippen molar-refractivity contribution in [2.75, 3.05) is 19.0 Å². The summed E-state index contributed by atoms with van der Waals surface area (Å²) < 4.78 is 4.79. The van der Waals surface area contributed by atoms with E-state index in [1.165, 1.54) is 16.9 Å². The first-order valence-electron chi connectivity index (χ1n) is 8.51. The van der Waals surface area contributed by atoms with Crippen LogP contribution in [-0.4, -0.2) is 25.5 Å². The second-order valence-corrected chi connectivity index (χ2v) is 8.09. The minimum absolute atomic E-state index is 0.130. The number of esters is 1. The minimum Gasteiger partial charge on any atom is -0.465 e. The number of para-hydroxylation sites is 1. The molecule has 1 amide bonds. The van der Waals surface area contributed by atoms with Crippen LogP contribution in [0.4, 0.5) is 5.69 Å². The van der Waals surface area contributed by atoms with Crippen LogP contribution in [0.1, 0.15) is 20.1 Å². The number of ether oxygens (including phenoxy) is 1. The molecule has 0 unspecified atom stereocenters. The lowest BCUT2D eigenvalue weighted by atomic mass is 10.2. The van der Waals surface area contributed by atoms with Crippen molar-refractivity contribution in [3.63, 3.8) is 0 Å². The summed E-state index contributed by atoms with van der Waals surface area (Å²) in [5, 5.41) is 6.95. The first-order chi connectivity index (χ1) is 13.2. The van der Waals surface area contributed by atoms with E-state index in [1.807, 2.05) is 22.9 Å². The van der Waals surface area contributed by atoms with E-state index < -0.39 is 5.97 Å². The van der Waals surface area contributed by atoms with Crippen molar-refractivity contribution in [2.24, 2.45) is 0 Å². The van der Waals surface area contributed by atoms with Gasteiger partial charge >= 0.3 is 5.97 Å². The monoisotopic (exact) mass is 401 g/mol. The quantitative estimate of drug-likeness (QED) is 0.571. The van der Waals surface area contributed by atoms with Gasteiger partial charge in [0.25, 0.3) is 5.91 Å². The Balaban J connectivity index is 1.69. The molecule has 1 aromatic carbocycles. The Bertz CT molecular complexity index is 840. The first-order valence-corrected chi connectivity index (χ1v) is 10.3. The van der Waals surface area contributed by atoms with Crippen LogP contribution in [0.25, 0.3) is 0 Å². The van der Waals surface area contributed by atoms with E-state index in [9.17, 15) is 9.59 Å². The number of hydrogen-bond donors (Lipinski definition) is 2. The number of amides is 1. The van der Waals surface area contributed by atoms with Crippen molar-refractivity contribution in [1.29, 1.82) is 0 Å². The van der Waals surface area contributed by atoms with Crippen LogP contribution in [0.2, 0.25) is 0 Å². The zero-order chi connectivity index (χ0) is 19.1. The highest BCUT2D eigenvalue weighted by Gasteiger charge is 2.19. The molecule has 0 fully saturated rings. The highest BCUT2D eigenvalue weighted by Crippen LogP contribution is 2.15. The predicted molar refractivity (Wildman–Crippen MR) is 108 cm³/mol. The zero-order valence-electron chi connectivity index (χ0n) is 14.9. The summed E-state index contributed by atoms with van der Waals surface area (Å²) in [7, 11) is 1.33. The van der Waals surface area contributed by atoms with Gasteiger partial charge in [0.05, 0.1) is 28.1 Å². The summed E-state index contributed by atoms with van der Waals surface area (Å²) in [6.45, 7) is 1.87. The van der Waals surface area contributed by atoms with Crippen LogP contribution < -0.4 is 10.2 Å². The van der Waals surface area contributed by atoms with Crippen molar-refractivity contribution >= 4 is 40.2 Å². The molecule has 27 heavy (non-hydrogen) atoms. The van der Waals surface area contributed by atoms with Gasteiger partial charge in [0.1, 0.15) is 13.1 Å². The maximum Gasteiger partial charge on any atom is 0.339 e. The van der Waals surface area contributed by atoms with E-state index in [-0.39, 0.29) is 5.91 Å². The van der Waals surface area contributed by atoms with Gasteiger partial charge in [-0.1, -0.05) is 24.3 Å². The molecule has 140 valence electrons.